The van der Waals surface area contributed by atoms with Crippen LogP contribution in [0.3, 0.4) is 0 Å². The number of halogens is 1. The number of sulfone groups is 1. The van der Waals surface area contributed by atoms with E-state index in [-0.39, 0.29) is 28.9 Å². The van der Waals surface area contributed by atoms with Crippen LogP contribution in [-0.2, 0) is 19.4 Å². The van der Waals surface area contributed by atoms with E-state index in [1.807, 2.05) is 0 Å². The van der Waals surface area contributed by atoms with Crippen molar-refractivity contribution in [3.63, 3.8) is 0 Å². The number of carbonyl (C=O) groups excluding carboxylic acids is 2. The van der Waals surface area contributed by atoms with E-state index in [2.05, 4.69) is 10.6 Å². The molecule has 0 atom stereocenters. The molecule has 2 rings (SSSR count). The topological polar surface area (TPSA) is 92.3 Å². The molecule has 144 valence electrons. The largest absolute Gasteiger partial charge is 0.326 e. The second-order valence-corrected chi connectivity index (χ2v) is 8.84. The first-order valence-corrected chi connectivity index (χ1v) is 10.4. The summed E-state index contributed by atoms with van der Waals surface area (Å²) in [6.45, 7) is 3.56. The Labute approximate surface area is 163 Å². The lowest BCUT2D eigenvalue weighted by atomic mass is 10.2. The molecule has 0 bridgehead atoms. The van der Waals surface area contributed by atoms with Gasteiger partial charge in [0.25, 0.3) is 0 Å². The van der Waals surface area contributed by atoms with Crippen molar-refractivity contribution in [1.82, 2.24) is 0 Å². The summed E-state index contributed by atoms with van der Waals surface area (Å²) in [6, 6.07) is 12.5. The van der Waals surface area contributed by atoms with Crippen molar-refractivity contribution < 1.29 is 18.0 Å². The van der Waals surface area contributed by atoms with Crippen molar-refractivity contribution in [2.45, 2.75) is 25.2 Å². The van der Waals surface area contributed by atoms with E-state index in [1.54, 1.807) is 38.1 Å². The molecule has 0 spiro atoms. The summed E-state index contributed by atoms with van der Waals surface area (Å²) < 4.78 is 24.5. The van der Waals surface area contributed by atoms with Gasteiger partial charge in [0.15, 0.2) is 9.84 Å². The quantitative estimate of drug-likeness (QED) is 0.729. The SMILES string of the molecule is CC(C)C(=O)Nc1cccc(NC(=O)CCS(=O)(=O)c2ccc(Cl)cc2)c1. The van der Waals surface area contributed by atoms with Crippen molar-refractivity contribution >= 4 is 44.6 Å². The summed E-state index contributed by atoms with van der Waals surface area (Å²) in [4.78, 5) is 24.0. The summed E-state index contributed by atoms with van der Waals surface area (Å²) in [5.41, 5.74) is 1.03. The molecule has 0 saturated carbocycles. The number of hydrogen-bond acceptors (Lipinski definition) is 4. The molecule has 0 heterocycles. The summed E-state index contributed by atoms with van der Waals surface area (Å²) in [5, 5.41) is 5.82. The summed E-state index contributed by atoms with van der Waals surface area (Å²) in [7, 11) is -3.57. The van der Waals surface area contributed by atoms with Gasteiger partial charge in [-0.15, -0.1) is 0 Å². The second-order valence-electron chi connectivity index (χ2n) is 6.30. The van der Waals surface area contributed by atoms with Crippen LogP contribution in [0.25, 0.3) is 0 Å². The minimum Gasteiger partial charge on any atom is -0.326 e. The molecule has 2 aromatic rings. The standard InChI is InChI=1S/C19H21ClN2O4S/c1-13(2)19(24)22-16-5-3-4-15(12-16)21-18(23)10-11-27(25,26)17-8-6-14(20)7-9-17/h3-9,12-13H,10-11H2,1-2H3,(H,21,23)(H,22,24). The Morgan fingerprint density at radius 2 is 1.59 bits per heavy atom. The number of benzene rings is 2. The molecular weight excluding hydrogens is 388 g/mol. The molecule has 0 aromatic heterocycles. The number of nitrogens with one attached hydrogen (secondary N) is 2. The zero-order valence-electron chi connectivity index (χ0n) is 15.0. The van der Waals surface area contributed by atoms with Gasteiger partial charge in [-0.25, -0.2) is 8.42 Å². The summed E-state index contributed by atoms with van der Waals surface area (Å²) >= 11 is 5.76. The van der Waals surface area contributed by atoms with Crippen LogP contribution in [-0.4, -0.2) is 26.0 Å². The molecule has 27 heavy (non-hydrogen) atoms. The Hall–Kier alpha value is -2.38. The highest BCUT2D eigenvalue weighted by molar-refractivity contribution is 7.91. The molecule has 2 amide bonds. The average molecular weight is 409 g/mol. The van der Waals surface area contributed by atoms with Gasteiger partial charge in [0.2, 0.25) is 11.8 Å². The first-order valence-electron chi connectivity index (χ1n) is 8.36. The third-order valence-corrected chi connectivity index (χ3v) is 5.69. The number of hydrogen-bond donors (Lipinski definition) is 2. The predicted molar refractivity (Wildman–Crippen MR) is 107 cm³/mol. The van der Waals surface area contributed by atoms with Crippen LogP contribution in [0, 0.1) is 5.92 Å². The lowest BCUT2D eigenvalue weighted by molar-refractivity contribution is -0.119. The van der Waals surface area contributed by atoms with Gasteiger partial charge in [0.1, 0.15) is 0 Å². The van der Waals surface area contributed by atoms with Crippen LogP contribution in [0.1, 0.15) is 20.3 Å². The van der Waals surface area contributed by atoms with Crippen molar-refractivity contribution in [1.29, 1.82) is 0 Å². The predicted octanol–water partition coefficient (Wildman–Crippen LogP) is 3.74. The van der Waals surface area contributed by atoms with Gasteiger partial charge in [0, 0.05) is 28.7 Å². The minimum absolute atomic E-state index is 0.123. The lowest BCUT2D eigenvalue weighted by Crippen LogP contribution is -2.19. The first kappa shape index (κ1) is 20.9. The normalized spacial score (nSPS) is 11.3. The Morgan fingerprint density at radius 3 is 2.19 bits per heavy atom. The highest BCUT2D eigenvalue weighted by Crippen LogP contribution is 2.18. The fourth-order valence-electron chi connectivity index (χ4n) is 2.17. The van der Waals surface area contributed by atoms with Crippen LogP contribution in [0.2, 0.25) is 5.02 Å². The number of amides is 2. The molecule has 2 N–H and O–H groups in total. The van der Waals surface area contributed by atoms with E-state index in [0.717, 1.165) is 0 Å². The Kier molecular flexibility index (Phi) is 6.98. The van der Waals surface area contributed by atoms with E-state index < -0.39 is 15.7 Å². The van der Waals surface area contributed by atoms with Crippen molar-refractivity contribution in [2.75, 3.05) is 16.4 Å². The van der Waals surface area contributed by atoms with E-state index in [9.17, 15) is 18.0 Å². The molecule has 0 unspecified atom stereocenters. The van der Waals surface area contributed by atoms with E-state index in [0.29, 0.717) is 16.4 Å². The highest BCUT2D eigenvalue weighted by atomic mass is 35.5. The monoisotopic (exact) mass is 408 g/mol. The Morgan fingerprint density at radius 1 is 1.00 bits per heavy atom. The molecule has 0 fully saturated rings. The summed E-state index contributed by atoms with van der Waals surface area (Å²) in [6.07, 6.45) is -0.187. The fourth-order valence-corrected chi connectivity index (χ4v) is 3.54. The highest BCUT2D eigenvalue weighted by Gasteiger charge is 2.16. The van der Waals surface area contributed by atoms with Gasteiger partial charge in [0.05, 0.1) is 10.6 Å². The molecule has 0 radical (unpaired) electrons. The van der Waals surface area contributed by atoms with Crippen LogP contribution < -0.4 is 10.6 Å². The van der Waals surface area contributed by atoms with Crippen LogP contribution >= 0.6 is 11.6 Å². The van der Waals surface area contributed by atoms with Crippen molar-refractivity contribution in [3.05, 3.63) is 53.6 Å². The van der Waals surface area contributed by atoms with Crippen molar-refractivity contribution in [2.24, 2.45) is 5.92 Å². The third kappa shape index (κ3) is 6.37. The lowest BCUT2D eigenvalue weighted by Gasteiger charge is -2.10. The second kappa shape index (κ2) is 9.01. The third-order valence-electron chi connectivity index (χ3n) is 3.71. The summed E-state index contributed by atoms with van der Waals surface area (Å²) in [5.74, 6) is -1.04. The zero-order chi connectivity index (χ0) is 20.0. The maximum absolute atomic E-state index is 12.3. The minimum atomic E-state index is -3.57. The molecule has 0 aliphatic carbocycles. The Balaban J connectivity index is 1.95. The van der Waals surface area contributed by atoms with Gasteiger partial charge in [-0.2, -0.15) is 0 Å². The smallest absolute Gasteiger partial charge is 0.226 e. The van der Waals surface area contributed by atoms with Gasteiger partial charge >= 0.3 is 0 Å². The molecule has 8 heteroatoms. The van der Waals surface area contributed by atoms with E-state index >= 15 is 0 Å². The average Bonchev–Trinajstić information content (AvgIpc) is 2.60. The number of carbonyl (C=O) groups is 2. The maximum atomic E-state index is 12.3. The Bertz CT molecular complexity index is 925. The van der Waals surface area contributed by atoms with Gasteiger partial charge < -0.3 is 10.6 Å². The molecule has 2 aromatic carbocycles. The van der Waals surface area contributed by atoms with Crippen LogP contribution in [0.5, 0.6) is 0 Å². The maximum Gasteiger partial charge on any atom is 0.226 e. The van der Waals surface area contributed by atoms with E-state index in [1.165, 1.54) is 24.3 Å². The zero-order valence-corrected chi connectivity index (χ0v) is 16.6. The van der Waals surface area contributed by atoms with Gasteiger partial charge in [-0.3, -0.25) is 9.59 Å². The fraction of sp³-hybridized carbons (Fsp3) is 0.263. The van der Waals surface area contributed by atoms with Crippen LogP contribution in [0.15, 0.2) is 53.4 Å². The first-order chi connectivity index (χ1) is 12.7. The molecule has 0 aliphatic rings. The number of anilines is 2. The molecule has 0 saturated heterocycles. The van der Waals surface area contributed by atoms with Crippen molar-refractivity contribution in [3.8, 4) is 0 Å². The molecule has 6 nitrogen and oxygen atoms in total. The van der Waals surface area contributed by atoms with Gasteiger partial charge in [-0.05, 0) is 42.5 Å². The number of rotatable bonds is 7. The molecule has 0 aliphatic heterocycles. The van der Waals surface area contributed by atoms with Crippen LogP contribution in [0.4, 0.5) is 11.4 Å². The van der Waals surface area contributed by atoms with Gasteiger partial charge in [-0.1, -0.05) is 31.5 Å². The van der Waals surface area contributed by atoms with E-state index in [4.69, 9.17) is 11.6 Å². The molecular formula is C19H21ClN2O4S.